The van der Waals surface area contributed by atoms with E-state index in [1.807, 2.05) is 18.7 Å². The van der Waals surface area contributed by atoms with Crippen molar-refractivity contribution < 1.29 is 4.74 Å². The highest BCUT2D eigenvalue weighted by atomic mass is 16.5. The maximum absolute atomic E-state index is 5.76. The van der Waals surface area contributed by atoms with Gasteiger partial charge in [0.2, 0.25) is 11.9 Å². The first-order valence-electron chi connectivity index (χ1n) is 6.29. The molecule has 3 rings (SSSR count). The van der Waals surface area contributed by atoms with E-state index in [4.69, 9.17) is 10.5 Å². The van der Waals surface area contributed by atoms with Crippen LogP contribution in [0.2, 0.25) is 0 Å². The molecule has 1 saturated heterocycles. The number of nitrogens with two attached hydrogens (primary N) is 1. The van der Waals surface area contributed by atoms with E-state index >= 15 is 0 Å². The molecule has 0 spiro atoms. The molecule has 0 unspecified atom stereocenters. The van der Waals surface area contributed by atoms with E-state index in [2.05, 4.69) is 25.0 Å². The maximum Gasteiger partial charge on any atom is 0.258 e. The SMILES string of the molecule is CC1(C)CN(c2nc(N)nc(-n3cncn3)n2)CCO1. The van der Waals surface area contributed by atoms with Crippen molar-refractivity contribution in [3.63, 3.8) is 0 Å². The first-order valence-corrected chi connectivity index (χ1v) is 6.29. The summed E-state index contributed by atoms with van der Waals surface area (Å²) in [6, 6.07) is 0. The van der Waals surface area contributed by atoms with E-state index in [-0.39, 0.29) is 11.5 Å². The number of ether oxygens (including phenoxy) is 1. The second-order valence-electron chi connectivity index (χ2n) is 5.16. The quantitative estimate of drug-likeness (QED) is 0.793. The van der Waals surface area contributed by atoms with Gasteiger partial charge in [0, 0.05) is 13.1 Å². The number of nitrogen functional groups attached to an aromatic ring is 1. The van der Waals surface area contributed by atoms with Gasteiger partial charge in [0.15, 0.2) is 0 Å². The van der Waals surface area contributed by atoms with E-state index in [0.29, 0.717) is 31.6 Å². The van der Waals surface area contributed by atoms with Crippen LogP contribution in [-0.2, 0) is 4.74 Å². The van der Waals surface area contributed by atoms with Crippen molar-refractivity contribution in [1.29, 1.82) is 0 Å². The molecule has 0 radical (unpaired) electrons. The summed E-state index contributed by atoms with van der Waals surface area (Å²) in [6.07, 6.45) is 2.93. The Morgan fingerprint density at radius 2 is 2.05 bits per heavy atom. The molecular formula is C11H16N8O. The Morgan fingerprint density at radius 1 is 1.25 bits per heavy atom. The second-order valence-corrected chi connectivity index (χ2v) is 5.16. The second kappa shape index (κ2) is 4.67. The van der Waals surface area contributed by atoms with Crippen molar-refractivity contribution in [2.45, 2.75) is 19.4 Å². The van der Waals surface area contributed by atoms with Crippen LogP contribution in [0.1, 0.15) is 13.8 Å². The standard InChI is InChI=1S/C11H16N8O/c1-11(2)5-18(3-4-20-11)9-15-8(12)16-10(17-9)19-7-13-6-14-19/h6-7H,3-5H2,1-2H3,(H2,12,15,16,17). The van der Waals surface area contributed by atoms with Crippen LogP contribution in [0, 0.1) is 0 Å². The van der Waals surface area contributed by atoms with Gasteiger partial charge in [-0.15, -0.1) is 0 Å². The van der Waals surface area contributed by atoms with Gasteiger partial charge in [-0.05, 0) is 13.8 Å². The summed E-state index contributed by atoms with van der Waals surface area (Å²) in [7, 11) is 0. The highest BCUT2D eigenvalue weighted by molar-refractivity contribution is 5.38. The van der Waals surface area contributed by atoms with Gasteiger partial charge in [0.05, 0.1) is 12.2 Å². The molecule has 1 fully saturated rings. The molecule has 2 aromatic heterocycles. The molecule has 0 amide bonds. The zero-order valence-electron chi connectivity index (χ0n) is 11.4. The van der Waals surface area contributed by atoms with Crippen LogP contribution in [0.3, 0.4) is 0 Å². The Balaban J connectivity index is 1.94. The maximum atomic E-state index is 5.76. The summed E-state index contributed by atoms with van der Waals surface area (Å²) in [5, 5.41) is 4.00. The van der Waals surface area contributed by atoms with E-state index in [1.54, 1.807) is 0 Å². The van der Waals surface area contributed by atoms with Crippen LogP contribution in [0.25, 0.3) is 5.95 Å². The zero-order chi connectivity index (χ0) is 14.2. The molecule has 9 heteroatoms. The van der Waals surface area contributed by atoms with Crippen LogP contribution in [0.15, 0.2) is 12.7 Å². The first-order chi connectivity index (χ1) is 9.53. The van der Waals surface area contributed by atoms with Crippen LogP contribution in [-0.4, -0.2) is 55.0 Å². The lowest BCUT2D eigenvalue weighted by Gasteiger charge is -2.38. The fourth-order valence-electron chi connectivity index (χ4n) is 2.11. The van der Waals surface area contributed by atoms with Crippen LogP contribution < -0.4 is 10.6 Å². The Hall–Kier alpha value is -2.29. The zero-order valence-corrected chi connectivity index (χ0v) is 11.4. The van der Waals surface area contributed by atoms with E-state index in [1.165, 1.54) is 17.3 Å². The van der Waals surface area contributed by atoms with Gasteiger partial charge in [-0.3, -0.25) is 0 Å². The number of nitrogens with zero attached hydrogens (tertiary/aromatic N) is 7. The van der Waals surface area contributed by atoms with E-state index in [0.717, 1.165) is 0 Å². The van der Waals surface area contributed by atoms with Crippen molar-refractivity contribution in [3.05, 3.63) is 12.7 Å². The van der Waals surface area contributed by atoms with Gasteiger partial charge < -0.3 is 15.4 Å². The summed E-state index contributed by atoms with van der Waals surface area (Å²) in [6.45, 7) is 6.08. The van der Waals surface area contributed by atoms with Crippen molar-refractivity contribution in [3.8, 4) is 5.95 Å². The van der Waals surface area contributed by atoms with Gasteiger partial charge in [-0.1, -0.05) is 0 Å². The minimum Gasteiger partial charge on any atom is -0.372 e. The number of rotatable bonds is 2. The third-order valence-corrected chi connectivity index (χ3v) is 2.96. The first kappa shape index (κ1) is 12.7. The molecule has 0 bridgehead atoms. The minimum absolute atomic E-state index is 0.157. The number of hydrogen-bond donors (Lipinski definition) is 1. The summed E-state index contributed by atoms with van der Waals surface area (Å²) >= 11 is 0. The molecular weight excluding hydrogens is 260 g/mol. The molecule has 106 valence electrons. The molecule has 2 aromatic rings. The topological polar surface area (TPSA) is 108 Å². The smallest absolute Gasteiger partial charge is 0.258 e. The van der Waals surface area contributed by atoms with Crippen molar-refractivity contribution >= 4 is 11.9 Å². The Bertz CT molecular complexity index is 596. The Morgan fingerprint density at radius 3 is 2.75 bits per heavy atom. The monoisotopic (exact) mass is 276 g/mol. The van der Waals surface area contributed by atoms with Gasteiger partial charge in [0.25, 0.3) is 5.95 Å². The van der Waals surface area contributed by atoms with Crippen molar-refractivity contribution in [1.82, 2.24) is 29.7 Å². The number of hydrogen-bond acceptors (Lipinski definition) is 8. The van der Waals surface area contributed by atoms with Crippen LogP contribution in [0.5, 0.6) is 0 Å². The highest BCUT2D eigenvalue weighted by Gasteiger charge is 2.29. The molecule has 0 atom stereocenters. The highest BCUT2D eigenvalue weighted by Crippen LogP contribution is 2.21. The molecule has 1 aliphatic heterocycles. The van der Waals surface area contributed by atoms with Crippen LogP contribution in [0.4, 0.5) is 11.9 Å². The third kappa shape index (κ3) is 2.52. The predicted octanol–water partition coefficient (Wildman–Crippen LogP) is -0.350. The lowest BCUT2D eigenvalue weighted by Crippen LogP contribution is -2.49. The summed E-state index contributed by atoms with van der Waals surface area (Å²) in [5.74, 6) is 1.04. The summed E-state index contributed by atoms with van der Waals surface area (Å²) in [4.78, 5) is 18.6. The van der Waals surface area contributed by atoms with E-state index in [9.17, 15) is 0 Å². The van der Waals surface area contributed by atoms with Crippen molar-refractivity contribution in [2.24, 2.45) is 0 Å². The Kier molecular flexibility index (Phi) is 2.97. The summed E-state index contributed by atoms with van der Waals surface area (Å²) < 4.78 is 7.13. The third-order valence-electron chi connectivity index (χ3n) is 2.96. The number of morpholine rings is 1. The fraction of sp³-hybridized carbons (Fsp3) is 0.545. The normalized spacial score (nSPS) is 18.2. The Labute approximate surface area is 115 Å². The molecule has 3 heterocycles. The van der Waals surface area contributed by atoms with Crippen LogP contribution >= 0.6 is 0 Å². The molecule has 2 N–H and O–H groups in total. The number of anilines is 2. The van der Waals surface area contributed by atoms with Gasteiger partial charge in [-0.2, -0.15) is 24.7 Å². The van der Waals surface area contributed by atoms with Crippen molar-refractivity contribution in [2.75, 3.05) is 30.3 Å². The lowest BCUT2D eigenvalue weighted by molar-refractivity contribution is -0.0281. The summed E-state index contributed by atoms with van der Waals surface area (Å²) in [5.41, 5.74) is 5.52. The number of aromatic nitrogens is 6. The van der Waals surface area contributed by atoms with E-state index < -0.39 is 0 Å². The molecule has 1 aliphatic rings. The predicted molar refractivity (Wildman–Crippen MR) is 71.4 cm³/mol. The lowest BCUT2D eigenvalue weighted by atomic mass is 10.1. The average Bonchev–Trinajstić information content (AvgIpc) is 2.90. The fourth-order valence-corrected chi connectivity index (χ4v) is 2.11. The molecule has 0 aromatic carbocycles. The average molecular weight is 276 g/mol. The molecule has 9 nitrogen and oxygen atoms in total. The van der Waals surface area contributed by atoms with Gasteiger partial charge in [-0.25, -0.2) is 4.98 Å². The largest absolute Gasteiger partial charge is 0.372 e. The van der Waals surface area contributed by atoms with Gasteiger partial charge in [0.1, 0.15) is 12.7 Å². The molecule has 20 heavy (non-hydrogen) atoms. The van der Waals surface area contributed by atoms with Gasteiger partial charge >= 0.3 is 0 Å². The molecule has 0 saturated carbocycles. The molecule has 0 aliphatic carbocycles. The minimum atomic E-state index is -0.243.